The molecule has 2 aromatic rings. The van der Waals surface area contributed by atoms with Crippen LogP contribution in [0.25, 0.3) is 0 Å². The number of nitrogens with zero attached hydrogens (tertiary/aromatic N) is 1. The van der Waals surface area contributed by atoms with Crippen molar-refractivity contribution in [3.63, 3.8) is 0 Å². The molecule has 2 rings (SSSR count). The molecule has 0 atom stereocenters. The highest BCUT2D eigenvalue weighted by Gasteiger charge is 2.09. The van der Waals surface area contributed by atoms with E-state index in [-0.39, 0.29) is 18.2 Å². The first-order valence-corrected chi connectivity index (χ1v) is 5.71. The van der Waals surface area contributed by atoms with Crippen molar-refractivity contribution < 1.29 is 21.8 Å². The Morgan fingerprint density at radius 1 is 1.17 bits per heavy atom. The van der Waals surface area contributed by atoms with E-state index in [0.29, 0.717) is 0 Å². The van der Waals surface area contributed by atoms with Gasteiger partial charge in [-0.1, -0.05) is 30.3 Å². The van der Waals surface area contributed by atoms with Crippen LogP contribution in [0.2, 0.25) is 0 Å². The number of hydrogen-bond acceptors (Lipinski definition) is 1. The molecule has 2 nitrogen and oxygen atoms in total. The van der Waals surface area contributed by atoms with Gasteiger partial charge in [-0.2, -0.15) is 4.57 Å². The number of hydrogen-bond donors (Lipinski definition) is 0. The Morgan fingerprint density at radius 2 is 1.83 bits per heavy atom. The molecule has 1 heterocycles. The minimum Gasteiger partial charge on any atom is -1.00 e. The third-order valence-corrected chi connectivity index (χ3v) is 2.67. The third kappa shape index (κ3) is 3.67. The van der Waals surface area contributed by atoms with Crippen molar-refractivity contribution in [3.8, 4) is 0 Å². The van der Waals surface area contributed by atoms with Crippen molar-refractivity contribution >= 4 is 5.78 Å². The number of carbonyl (C=O) groups is 1. The zero-order chi connectivity index (χ0) is 12.3. The lowest BCUT2D eigenvalue weighted by Crippen LogP contribution is -3.00. The SMILES string of the molecule is CC(=O)c1cc(C)c[n+](Cc2ccccc2)c1.[Cl-]. The zero-order valence-electron chi connectivity index (χ0n) is 10.6. The molecule has 0 radical (unpaired) electrons. The zero-order valence-corrected chi connectivity index (χ0v) is 11.3. The van der Waals surface area contributed by atoms with Crippen molar-refractivity contribution in [1.29, 1.82) is 0 Å². The Bertz CT molecular complexity index is 537. The summed E-state index contributed by atoms with van der Waals surface area (Å²) in [6.45, 7) is 4.40. The van der Waals surface area contributed by atoms with Crippen LogP contribution in [0.4, 0.5) is 0 Å². The van der Waals surface area contributed by atoms with E-state index in [1.165, 1.54) is 5.56 Å². The fourth-order valence-corrected chi connectivity index (χ4v) is 1.88. The van der Waals surface area contributed by atoms with Gasteiger partial charge in [-0.25, -0.2) is 0 Å². The van der Waals surface area contributed by atoms with E-state index < -0.39 is 0 Å². The number of ketones is 1. The molecule has 0 N–H and O–H groups in total. The summed E-state index contributed by atoms with van der Waals surface area (Å²) in [5.74, 6) is 0.107. The molecule has 3 heteroatoms. The predicted octanol–water partition coefficient (Wildman–Crippen LogP) is -0.463. The number of Topliss-reactive ketones (excluding diaryl/α,β-unsaturated/α-hetero) is 1. The lowest BCUT2D eigenvalue weighted by Gasteiger charge is -2.01. The van der Waals surface area contributed by atoms with Crippen LogP contribution in [-0.2, 0) is 6.54 Å². The minimum atomic E-state index is 0. The van der Waals surface area contributed by atoms with Crippen LogP contribution in [0.5, 0.6) is 0 Å². The summed E-state index contributed by atoms with van der Waals surface area (Å²) in [6.07, 6.45) is 3.96. The lowest BCUT2D eigenvalue weighted by atomic mass is 10.1. The van der Waals surface area contributed by atoms with E-state index in [9.17, 15) is 4.79 Å². The standard InChI is InChI=1S/C15H16NO.ClH/c1-12-8-15(13(2)17)11-16(9-12)10-14-6-4-3-5-7-14;/h3-9,11H,10H2,1-2H3;1H/q+1;/p-1. The summed E-state index contributed by atoms with van der Waals surface area (Å²) in [6, 6.07) is 12.1. The quantitative estimate of drug-likeness (QED) is 0.541. The molecule has 0 bridgehead atoms. The van der Waals surface area contributed by atoms with E-state index in [0.717, 1.165) is 17.7 Å². The summed E-state index contributed by atoms with van der Waals surface area (Å²) in [5.41, 5.74) is 3.10. The van der Waals surface area contributed by atoms with E-state index in [1.807, 2.05) is 37.4 Å². The van der Waals surface area contributed by atoms with Gasteiger partial charge in [0, 0.05) is 11.1 Å². The van der Waals surface area contributed by atoms with Crippen LogP contribution in [0.1, 0.15) is 28.4 Å². The summed E-state index contributed by atoms with van der Waals surface area (Å²) in [7, 11) is 0. The molecule has 0 unspecified atom stereocenters. The molecule has 0 amide bonds. The number of benzene rings is 1. The van der Waals surface area contributed by atoms with Crippen molar-refractivity contribution in [2.75, 3.05) is 0 Å². The fourth-order valence-electron chi connectivity index (χ4n) is 1.88. The summed E-state index contributed by atoms with van der Waals surface area (Å²) in [5, 5.41) is 0. The van der Waals surface area contributed by atoms with Gasteiger partial charge in [-0.05, 0) is 19.9 Å². The number of halogens is 1. The van der Waals surface area contributed by atoms with Gasteiger partial charge in [0.15, 0.2) is 24.7 Å². The molecule has 0 saturated carbocycles. The predicted molar refractivity (Wildman–Crippen MR) is 66.9 cm³/mol. The molecule has 0 saturated heterocycles. The second-order valence-electron chi connectivity index (χ2n) is 4.32. The monoisotopic (exact) mass is 261 g/mol. The van der Waals surface area contributed by atoms with Gasteiger partial charge in [-0.3, -0.25) is 4.79 Å². The molecule has 0 aliphatic heterocycles. The van der Waals surface area contributed by atoms with Crippen molar-refractivity contribution in [1.82, 2.24) is 0 Å². The van der Waals surface area contributed by atoms with Crippen LogP contribution in [-0.4, -0.2) is 5.78 Å². The van der Waals surface area contributed by atoms with Crippen LogP contribution in [0.15, 0.2) is 48.8 Å². The van der Waals surface area contributed by atoms with Gasteiger partial charge in [0.05, 0.1) is 5.56 Å². The lowest BCUT2D eigenvalue weighted by molar-refractivity contribution is -0.688. The van der Waals surface area contributed by atoms with E-state index in [1.54, 1.807) is 6.92 Å². The minimum absolute atomic E-state index is 0. The molecule has 18 heavy (non-hydrogen) atoms. The second kappa shape index (κ2) is 6.31. The van der Waals surface area contributed by atoms with Gasteiger partial charge < -0.3 is 12.4 Å². The first-order valence-electron chi connectivity index (χ1n) is 5.71. The maximum absolute atomic E-state index is 11.4. The second-order valence-corrected chi connectivity index (χ2v) is 4.32. The van der Waals surface area contributed by atoms with Gasteiger partial charge in [0.25, 0.3) is 0 Å². The number of aromatic nitrogens is 1. The van der Waals surface area contributed by atoms with Crippen LogP contribution in [0, 0.1) is 6.92 Å². The summed E-state index contributed by atoms with van der Waals surface area (Å²) >= 11 is 0. The molecule has 94 valence electrons. The third-order valence-electron chi connectivity index (χ3n) is 2.67. The Morgan fingerprint density at radius 3 is 2.44 bits per heavy atom. The van der Waals surface area contributed by atoms with Crippen LogP contribution < -0.4 is 17.0 Å². The van der Waals surface area contributed by atoms with E-state index in [2.05, 4.69) is 22.9 Å². The molecule has 0 aliphatic rings. The Balaban J connectivity index is 0.00000162. The average molecular weight is 262 g/mol. The number of rotatable bonds is 3. The Hall–Kier alpha value is -1.67. The van der Waals surface area contributed by atoms with Crippen molar-refractivity contribution in [2.45, 2.75) is 20.4 Å². The van der Waals surface area contributed by atoms with Crippen LogP contribution in [0.3, 0.4) is 0 Å². The number of carbonyl (C=O) groups excluding carboxylic acids is 1. The highest BCUT2D eigenvalue weighted by molar-refractivity contribution is 5.93. The van der Waals surface area contributed by atoms with Crippen LogP contribution >= 0.6 is 0 Å². The average Bonchev–Trinajstić information content (AvgIpc) is 2.29. The summed E-state index contributed by atoms with van der Waals surface area (Å²) < 4.78 is 2.06. The van der Waals surface area contributed by atoms with E-state index >= 15 is 0 Å². The first-order chi connectivity index (χ1) is 8.15. The Kier molecular flexibility index (Phi) is 5.05. The van der Waals surface area contributed by atoms with E-state index in [4.69, 9.17) is 0 Å². The molecule has 1 aromatic heterocycles. The number of aryl methyl sites for hydroxylation is 1. The topological polar surface area (TPSA) is 20.9 Å². The van der Waals surface area contributed by atoms with Gasteiger partial charge in [0.2, 0.25) is 0 Å². The molecule has 0 spiro atoms. The fraction of sp³-hybridized carbons (Fsp3) is 0.200. The van der Waals surface area contributed by atoms with Gasteiger partial charge in [-0.15, -0.1) is 0 Å². The Labute approximate surface area is 114 Å². The normalized spacial score (nSPS) is 9.67. The maximum Gasteiger partial charge on any atom is 0.179 e. The highest BCUT2D eigenvalue weighted by atomic mass is 35.5. The molecule has 0 aliphatic carbocycles. The van der Waals surface area contributed by atoms with Gasteiger partial charge >= 0.3 is 0 Å². The largest absolute Gasteiger partial charge is 1.00 e. The van der Waals surface area contributed by atoms with Gasteiger partial charge in [0.1, 0.15) is 0 Å². The maximum atomic E-state index is 11.4. The first kappa shape index (κ1) is 14.4. The summed E-state index contributed by atoms with van der Waals surface area (Å²) in [4.78, 5) is 11.4. The molecular formula is C15H16ClNO. The number of pyridine rings is 1. The molecular weight excluding hydrogens is 246 g/mol. The highest BCUT2D eigenvalue weighted by Crippen LogP contribution is 2.03. The van der Waals surface area contributed by atoms with Crippen molar-refractivity contribution in [3.05, 3.63) is 65.5 Å². The molecule has 1 aromatic carbocycles. The van der Waals surface area contributed by atoms with Crippen molar-refractivity contribution in [2.24, 2.45) is 0 Å². The smallest absolute Gasteiger partial charge is 0.179 e. The molecule has 0 fully saturated rings.